The first-order chi connectivity index (χ1) is 7.61. The van der Waals surface area contributed by atoms with Gasteiger partial charge >= 0.3 is 0 Å². The zero-order chi connectivity index (χ0) is 11.7. The Labute approximate surface area is 96.5 Å². The maximum Gasteiger partial charge on any atom is 0.0994 e. The minimum atomic E-state index is 0.260. The van der Waals surface area contributed by atoms with Crippen molar-refractivity contribution in [3.63, 3.8) is 0 Å². The van der Waals surface area contributed by atoms with E-state index >= 15 is 0 Å². The first-order valence-corrected chi connectivity index (χ1v) is 5.63. The lowest BCUT2D eigenvalue weighted by molar-refractivity contribution is 0.566. The Balaban J connectivity index is 2.23. The molecule has 0 spiro atoms. The molecular weight excluding hydrogens is 198 g/mol. The van der Waals surface area contributed by atoms with E-state index in [1.165, 1.54) is 5.69 Å². The lowest BCUT2D eigenvalue weighted by atomic mass is 10.1. The van der Waals surface area contributed by atoms with Gasteiger partial charge < -0.3 is 10.6 Å². The normalized spacial score (nSPS) is 24.5. The summed E-state index contributed by atoms with van der Waals surface area (Å²) in [6.45, 7) is 6.07. The molecule has 0 amide bonds. The minimum absolute atomic E-state index is 0.260. The lowest BCUT2D eigenvalue weighted by Crippen LogP contribution is -2.28. The topological polar surface area (TPSA) is 53.0 Å². The number of hydrogen-bond donors (Lipinski definition) is 1. The van der Waals surface area contributed by atoms with Crippen molar-refractivity contribution in [2.75, 3.05) is 18.0 Å². The third-order valence-corrected chi connectivity index (χ3v) is 3.37. The molecule has 1 saturated heterocycles. The van der Waals surface area contributed by atoms with Crippen LogP contribution in [-0.2, 0) is 0 Å². The molecule has 3 nitrogen and oxygen atoms in total. The second-order valence-electron chi connectivity index (χ2n) is 4.66. The second-order valence-corrected chi connectivity index (χ2v) is 4.66. The summed E-state index contributed by atoms with van der Waals surface area (Å²) in [5.41, 5.74) is 8.97. The van der Waals surface area contributed by atoms with Gasteiger partial charge in [-0.05, 0) is 36.6 Å². The molecule has 2 N–H and O–H groups in total. The Morgan fingerprint density at radius 3 is 2.69 bits per heavy atom. The van der Waals surface area contributed by atoms with E-state index in [1.54, 1.807) is 0 Å². The van der Waals surface area contributed by atoms with Gasteiger partial charge in [0.15, 0.2) is 0 Å². The van der Waals surface area contributed by atoms with Gasteiger partial charge in [0.25, 0.3) is 0 Å². The van der Waals surface area contributed by atoms with Crippen molar-refractivity contribution in [3.8, 4) is 6.07 Å². The van der Waals surface area contributed by atoms with Crippen LogP contribution in [0.5, 0.6) is 0 Å². The first-order valence-electron chi connectivity index (χ1n) is 5.63. The van der Waals surface area contributed by atoms with Crippen LogP contribution < -0.4 is 10.6 Å². The number of aryl methyl sites for hydroxylation is 1. The van der Waals surface area contributed by atoms with Gasteiger partial charge in [-0.25, -0.2) is 0 Å². The monoisotopic (exact) mass is 215 g/mol. The molecule has 0 saturated carbocycles. The highest BCUT2D eigenvalue weighted by Gasteiger charge is 2.26. The van der Waals surface area contributed by atoms with Gasteiger partial charge in [-0.1, -0.05) is 6.92 Å². The highest BCUT2D eigenvalue weighted by Crippen LogP contribution is 2.24. The predicted octanol–water partition coefficient (Wildman–Crippen LogP) is 1.65. The van der Waals surface area contributed by atoms with Crippen LogP contribution in [0.4, 0.5) is 5.69 Å². The highest BCUT2D eigenvalue weighted by atomic mass is 15.2. The van der Waals surface area contributed by atoms with E-state index in [0.717, 1.165) is 24.2 Å². The van der Waals surface area contributed by atoms with Crippen LogP contribution in [0.3, 0.4) is 0 Å². The van der Waals surface area contributed by atoms with Crippen molar-refractivity contribution < 1.29 is 0 Å². The number of nitrogens with two attached hydrogens (primary N) is 1. The molecule has 3 heteroatoms. The van der Waals surface area contributed by atoms with Gasteiger partial charge in [-0.2, -0.15) is 5.26 Å². The summed E-state index contributed by atoms with van der Waals surface area (Å²) in [5, 5.41) is 8.88. The van der Waals surface area contributed by atoms with Crippen LogP contribution in [0.1, 0.15) is 18.1 Å². The van der Waals surface area contributed by atoms with E-state index in [9.17, 15) is 0 Å². The van der Waals surface area contributed by atoms with Gasteiger partial charge in [0.05, 0.1) is 11.6 Å². The predicted molar refractivity (Wildman–Crippen MR) is 65.2 cm³/mol. The number of hydrogen-bond acceptors (Lipinski definition) is 3. The zero-order valence-corrected chi connectivity index (χ0v) is 9.77. The van der Waals surface area contributed by atoms with Gasteiger partial charge in [0, 0.05) is 24.8 Å². The number of rotatable bonds is 1. The van der Waals surface area contributed by atoms with E-state index in [0.29, 0.717) is 5.92 Å². The highest BCUT2D eigenvalue weighted by molar-refractivity contribution is 5.54. The van der Waals surface area contributed by atoms with Crippen molar-refractivity contribution in [2.24, 2.45) is 11.7 Å². The molecule has 1 aromatic carbocycles. The SMILES string of the molecule is Cc1cc(N2CC(C)C(N)C2)ccc1C#N. The number of nitriles is 1. The van der Waals surface area contributed by atoms with E-state index in [1.807, 2.05) is 19.1 Å². The zero-order valence-electron chi connectivity index (χ0n) is 9.77. The Kier molecular flexibility index (Phi) is 2.84. The van der Waals surface area contributed by atoms with E-state index in [2.05, 4.69) is 24.0 Å². The van der Waals surface area contributed by atoms with Crippen LogP contribution in [0.15, 0.2) is 18.2 Å². The minimum Gasteiger partial charge on any atom is -0.370 e. The fraction of sp³-hybridized carbons (Fsp3) is 0.462. The van der Waals surface area contributed by atoms with E-state index in [4.69, 9.17) is 11.0 Å². The van der Waals surface area contributed by atoms with Gasteiger partial charge in [0.1, 0.15) is 0 Å². The molecule has 2 atom stereocenters. The van der Waals surface area contributed by atoms with Crippen LogP contribution in [0.2, 0.25) is 0 Å². The third-order valence-electron chi connectivity index (χ3n) is 3.37. The van der Waals surface area contributed by atoms with Crippen molar-refractivity contribution in [2.45, 2.75) is 19.9 Å². The first kappa shape index (κ1) is 11.0. The largest absolute Gasteiger partial charge is 0.370 e. The number of benzene rings is 1. The molecule has 1 heterocycles. The molecule has 0 aliphatic carbocycles. The van der Waals surface area contributed by atoms with Crippen molar-refractivity contribution in [1.29, 1.82) is 5.26 Å². The van der Waals surface area contributed by atoms with Crippen molar-refractivity contribution >= 4 is 5.69 Å². The number of nitrogens with zero attached hydrogens (tertiary/aromatic N) is 2. The lowest BCUT2D eigenvalue weighted by Gasteiger charge is -2.18. The molecule has 1 fully saturated rings. The average Bonchev–Trinajstić information content (AvgIpc) is 2.59. The Hall–Kier alpha value is -1.53. The molecule has 1 aliphatic rings. The van der Waals surface area contributed by atoms with Crippen LogP contribution >= 0.6 is 0 Å². The van der Waals surface area contributed by atoms with Gasteiger partial charge in [-0.15, -0.1) is 0 Å². The summed E-state index contributed by atoms with van der Waals surface area (Å²) in [5.74, 6) is 0.538. The third kappa shape index (κ3) is 1.89. The fourth-order valence-corrected chi connectivity index (χ4v) is 2.17. The standard InChI is InChI=1S/C13H17N3/c1-9-5-12(4-3-11(9)6-14)16-7-10(2)13(15)8-16/h3-5,10,13H,7-8,15H2,1-2H3. The second kappa shape index (κ2) is 4.15. The molecular formula is C13H17N3. The molecule has 1 aliphatic heterocycles. The molecule has 0 bridgehead atoms. The quantitative estimate of drug-likeness (QED) is 0.775. The molecule has 1 aromatic rings. The Bertz CT molecular complexity index is 423. The summed E-state index contributed by atoms with van der Waals surface area (Å²) in [7, 11) is 0. The van der Waals surface area contributed by atoms with Gasteiger partial charge in [0.2, 0.25) is 0 Å². The maximum atomic E-state index is 8.88. The summed E-state index contributed by atoms with van der Waals surface area (Å²) < 4.78 is 0. The molecule has 0 aromatic heterocycles. The average molecular weight is 215 g/mol. The fourth-order valence-electron chi connectivity index (χ4n) is 2.17. The van der Waals surface area contributed by atoms with Crippen LogP contribution in [0.25, 0.3) is 0 Å². The Morgan fingerprint density at radius 1 is 1.44 bits per heavy atom. The molecule has 0 radical (unpaired) electrons. The maximum absolute atomic E-state index is 8.88. The smallest absolute Gasteiger partial charge is 0.0994 e. The van der Waals surface area contributed by atoms with Crippen LogP contribution in [-0.4, -0.2) is 19.1 Å². The summed E-state index contributed by atoms with van der Waals surface area (Å²) >= 11 is 0. The number of anilines is 1. The van der Waals surface area contributed by atoms with Gasteiger partial charge in [-0.3, -0.25) is 0 Å². The molecule has 16 heavy (non-hydrogen) atoms. The summed E-state index contributed by atoms with van der Waals surface area (Å²) in [4.78, 5) is 2.30. The van der Waals surface area contributed by atoms with Crippen LogP contribution in [0, 0.1) is 24.2 Å². The molecule has 2 unspecified atom stereocenters. The Morgan fingerprint density at radius 2 is 2.19 bits per heavy atom. The van der Waals surface area contributed by atoms with Crippen molar-refractivity contribution in [3.05, 3.63) is 29.3 Å². The molecule has 2 rings (SSSR count). The molecule has 84 valence electrons. The van der Waals surface area contributed by atoms with E-state index < -0.39 is 0 Å². The summed E-state index contributed by atoms with van der Waals surface area (Å²) in [6.07, 6.45) is 0. The van der Waals surface area contributed by atoms with Crippen molar-refractivity contribution in [1.82, 2.24) is 0 Å². The van der Waals surface area contributed by atoms with E-state index in [-0.39, 0.29) is 6.04 Å². The summed E-state index contributed by atoms with van der Waals surface area (Å²) in [6, 6.07) is 8.42.